The summed E-state index contributed by atoms with van der Waals surface area (Å²) < 4.78 is 0. The number of para-hydroxylation sites is 1. The summed E-state index contributed by atoms with van der Waals surface area (Å²) >= 11 is 1.64. The van der Waals surface area contributed by atoms with Gasteiger partial charge in [0.15, 0.2) is 5.65 Å². The highest BCUT2D eigenvalue weighted by Gasteiger charge is 2.08. The first-order chi connectivity index (χ1) is 9.24. The first-order valence-corrected chi connectivity index (χ1v) is 7.11. The van der Waals surface area contributed by atoms with Crippen LogP contribution < -0.4 is 12.4 Å². The summed E-state index contributed by atoms with van der Waals surface area (Å²) in [5.41, 5.74) is 2.70. The Bertz CT molecular complexity index is 712. The van der Waals surface area contributed by atoms with Crippen molar-refractivity contribution in [3.8, 4) is 0 Å². The van der Waals surface area contributed by atoms with E-state index >= 15 is 0 Å². The van der Waals surface area contributed by atoms with Crippen molar-refractivity contribution in [2.75, 3.05) is 26.4 Å². The lowest BCUT2D eigenvalue weighted by atomic mass is 10.2. The molecule has 0 saturated heterocycles. The maximum atomic E-state index is 4.60. The quantitative estimate of drug-likeness (QED) is 0.637. The average molecular weight is 309 g/mol. The molecule has 0 bridgehead atoms. The molecule has 7 heteroatoms. The average Bonchev–Trinajstić information content (AvgIpc) is 2.76. The maximum absolute atomic E-state index is 4.60. The van der Waals surface area contributed by atoms with Crippen LogP contribution in [-0.2, 0) is 0 Å². The van der Waals surface area contributed by atoms with E-state index in [9.17, 15) is 0 Å². The van der Waals surface area contributed by atoms with Crippen LogP contribution in [0.3, 0.4) is 0 Å². The van der Waals surface area contributed by atoms with Crippen molar-refractivity contribution >= 4 is 33.8 Å². The molecule has 0 aliphatic rings. The zero-order chi connectivity index (χ0) is 13.2. The number of halogens is 1. The fraction of sp³-hybridized carbons (Fsp3) is 0.308. The summed E-state index contributed by atoms with van der Waals surface area (Å²) in [6.45, 7) is 1.000. The molecule has 0 amide bonds. The predicted octanol–water partition coefficient (Wildman–Crippen LogP) is -0.836. The van der Waals surface area contributed by atoms with E-state index in [0.717, 1.165) is 39.5 Å². The highest BCUT2D eigenvalue weighted by molar-refractivity contribution is 7.99. The Balaban J connectivity index is 0.00000147. The van der Waals surface area contributed by atoms with Crippen LogP contribution in [0.4, 0.5) is 0 Å². The molecule has 0 unspecified atom stereocenters. The molecule has 3 aromatic rings. The molecule has 0 atom stereocenters. The highest BCUT2D eigenvalue weighted by Crippen LogP contribution is 2.23. The minimum absolute atomic E-state index is 0. The zero-order valence-corrected chi connectivity index (χ0v) is 12.9. The number of hydrogen-bond acceptors (Lipinski definition) is 5. The van der Waals surface area contributed by atoms with Crippen LogP contribution in [0.1, 0.15) is 0 Å². The van der Waals surface area contributed by atoms with Gasteiger partial charge in [0.1, 0.15) is 5.52 Å². The van der Waals surface area contributed by atoms with Crippen molar-refractivity contribution in [1.29, 1.82) is 0 Å². The number of hydrogen-bond donors (Lipinski definition) is 1. The molecule has 3 rings (SSSR count). The van der Waals surface area contributed by atoms with Gasteiger partial charge in [0, 0.05) is 23.2 Å². The normalized spacial score (nSPS) is 11.2. The topological polar surface area (TPSA) is 57.7 Å². The van der Waals surface area contributed by atoms with E-state index in [0.29, 0.717) is 0 Å². The van der Waals surface area contributed by atoms with Crippen molar-refractivity contribution in [3.05, 3.63) is 24.3 Å². The number of H-pyrrole nitrogens is 1. The number of fused-ring (bicyclic) bond motifs is 3. The minimum atomic E-state index is 0. The molecular weight excluding hydrogens is 294 g/mol. The van der Waals surface area contributed by atoms with Crippen molar-refractivity contribution in [2.45, 2.75) is 5.16 Å². The van der Waals surface area contributed by atoms with Crippen molar-refractivity contribution in [2.24, 2.45) is 0 Å². The molecule has 0 spiro atoms. The van der Waals surface area contributed by atoms with Crippen molar-refractivity contribution in [3.63, 3.8) is 0 Å². The summed E-state index contributed by atoms with van der Waals surface area (Å²) in [4.78, 5) is 9.97. The summed E-state index contributed by atoms with van der Waals surface area (Å²) in [6, 6.07) is 8.09. The lowest BCUT2D eigenvalue weighted by molar-refractivity contribution is -0.00000407. The third-order valence-electron chi connectivity index (χ3n) is 2.87. The fourth-order valence-electron chi connectivity index (χ4n) is 1.89. The Hall–Kier alpha value is -1.37. The van der Waals surface area contributed by atoms with E-state index in [1.807, 2.05) is 18.2 Å². The van der Waals surface area contributed by atoms with Crippen LogP contribution in [-0.4, -0.2) is 51.5 Å². The summed E-state index contributed by atoms with van der Waals surface area (Å²) in [5.74, 6) is 0.961. The zero-order valence-electron chi connectivity index (χ0n) is 11.3. The lowest BCUT2D eigenvalue weighted by Crippen LogP contribution is -3.00. The van der Waals surface area contributed by atoms with Gasteiger partial charge in [-0.15, -0.1) is 10.2 Å². The minimum Gasteiger partial charge on any atom is -1.00 e. The molecule has 1 N–H and O–H groups in total. The lowest BCUT2D eigenvalue weighted by Gasteiger charge is -2.07. The molecule has 0 radical (unpaired) electrons. The Kier molecular flexibility index (Phi) is 4.80. The number of nitrogens with one attached hydrogen (secondary N) is 1. The van der Waals surface area contributed by atoms with Crippen LogP contribution in [0.5, 0.6) is 0 Å². The van der Waals surface area contributed by atoms with Crippen LogP contribution in [0.2, 0.25) is 0 Å². The van der Waals surface area contributed by atoms with Gasteiger partial charge >= 0.3 is 0 Å². The van der Waals surface area contributed by atoms with E-state index in [1.165, 1.54) is 0 Å². The van der Waals surface area contributed by atoms with Gasteiger partial charge in [0.05, 0.1) is 0 Å². The maximum Gasteiger partial charge on any atom is 0.209 e. The van der Waals surface area contributed by atoms with Crippen molar-refractivity contribution in [1.82, 2.24) is 25.1 Å². The fourth-order valence-corrected chi connectivity index (χ4v) is 2.78. The van der Waals surface area contributed by atoms with E-state index < -0.39 is 0 Å². The monoisotopic (exact) mass is 308 g/mol. The Labute approximate surface area is 127 Å². The molecule has 0 aliphatic carbocycles. The van der Waals surface area contributed by atoms with Gasteiger partial charge in [-0.2, -0.15) is 0 Å². The summed E-state index contributed by atoms with van der Waals surface area (Å²) in [6.07, 6.45) is 0. The standard InChI is InChI=1S/C13H15N5S.ClH/c1-18(2)7-8-19-13-15-11-9-5-3-4-6-10(9)14-12(11)16-17-13;/h3-6H,7-8H2,1-2H3,(H,14,16);1H/p-1. The van der Waals surface area contributed by atoms with Gasteiger partial charge in [0.2, 0.25) is 5.16 Å². The van der Waals surface area contributed by atoms with Gasteiger partial charge in [-0.25, -0.2) is 4.98 Å². The number of aromatic amines is 1. The molecular formula is C13H15ClN5S-. The third kappa shape index (κ3) is 3.03. The smallest absolute Gasteiger partial charge is 0.209 e. The van der Waals surface area contributed by atoms with Crippen LogP contribution in [0, 0.1) is 0 Å². The Morgan fingerprint density at radius 2 is 2.00 bits per heavy atom. The van der Waals surface area contributed by atoms with Gasteiger partial charge in [-0.1, -0.05) is 30.0 Å². The van der Waals surface area contributed by atoms with Crippen LogP contribution >= 0.6 is 11.8 Å². The molecule has 1 aromatic carbocycles. The first kappa shape index (κ1) is 15.0. The molecule has 2 heterocycles. The number of nitrogens with zero attached hydrogens (tertiary/aromatic N) is 4. The van der Waals surface area contributed by atoms with Crippen LogP contribution in [0.25, 0.3) is 22.1 Å². The number of aromatic nitrogens is 4. The first-order valence-electron chi connectivity index (χ1n) is 6.13. The van der Waals surface area contributed by atoms with E-state index in [2.05, 4.69) is 45.2 Å². The highest BCUT2D eigenvalue weighted by atomic mass is 35.5. The third-order valence-corrected chi connectivity index (χ3v) is 3.69. The molecule has 20 heavy (non-hydrogen) atoms. The number of rotatable bonds is 4. The molecule has 0 aliphatic heterocycles. The van der Waals surface area contributed by atoms with E-state index in [-0.39, 0.29) is 12.4 Å². The van der Waals surface area contributed by atoms with Gasteiger partial charge in [-0.05, 0) is 20.2 Å². The summed E-state index contributed by atoms with van der Waals surface area (Å²) in [5, 5.41) is 10.2. The largest absolute Gasteiger partial charge is 1.00 e. The number of thioether (sulfide) groups is 1. The van der Waals surface area contributed by atoms with E-state index in [1.54, 1.807) is 11.8 Å². The van der Waals surface area contributed by atoms with Crippen LogP contribution in [0.15, 0.2) is 29.4 Å². The summed E-state index contributed by atoms with van der Waals surface area (Å²) in [7, 11) is 4.12. The Morgan fingerprint density at radius 1 is 1.20 bits per heavy atom. The molecule has 106 valence electrons. The second-order valence-corrected chi connectivity index (χ2v) is 5.68. The SMILES string of the molecule is CN(C)CCSc1nnc2[nH]c3ccccc3c2n1.[Cl-]. The van der Waals surface area contributed by atoms with Gasteiger partial charge < -0.3 is 22.3 Å². The molecule has 5 nitrogen and oxygen atoms in total. The second kappa shape index (κ2) is 6.39. The molecule has 0 fully saturated rings. The second-order valence-electron chi connectivity index (χ2n) is 4.61. The molecule has 0 saturated carbocycles. The van der Waals surface area contributed by atoms with E-state index in [4.69, 9.17) is 0 Å². The van der Waals surface area contributed by atoms with Gasteiger partial charge in [-0.3, -0.25) is 0 Å². The predicted molar refractivity (Wildman–Crippen MR) is 78.5 cm³/mol. The van der Waals surface area contributed by atoms with Gasteiger partial charge in [0.25, 0.3) is 0 Å². The molecule has 2 aromatic heterocycles. The number of benzene rings is 1. The van der Waals surface area contributed by atoms with Crippen molar-refractivity contribution < 1.29 is 12.4 Å². The Morgan fingerprint density at radius 3 is 2.80 bits per heavy atom.